The van der Waals surface area contributed by atoms with Gasteiger partial charge in [0.15, 0.2) is 0 Å². The summed E-state index contributed by atoms with van der Waals surface area (Å²) in [6.07, 6.45) is -4.59. The molecular formula is C17H11F3N4S. The number of thioether (sulfide) groups is 1. The van der Waals surface area contributed by atoms with Crippen molar-refractivity contribution < 1.29 is 13.2 Å². The highest BCUT2D eigenvalue weighted by Gasteiger charge is 2.39. The number of fused-ring (bicyclic) bond motifs is 1. The lowest BCUT2D eigenvalue weighted by atomic mass is 10.0. The largest absolute Gasteiger partial charge is 0.453 e. The molecule has 0 spiro atoms. The summed E-state index contributed by atoms with van der Waals surface area (Å²) in [5.41, 5.74) is 3.45. The molecule has 1 aliphatic rings. The van der Waals surface area contributed by atoms with Gasteiger partial charge < -0.3 is 0 Å². The SMILES string of the molecule is FC(F)(F)c1nnc2n1N=C(c1ccc(-c3ccccc3)cc1)CS2. The number of benzene rings is 2. The highest BCUT2D eigenvalue weighted by molar-refractivity contribution is 7.99. The Morgan fingerprint density at radius 2 is 1.48 bits per heavy atom. The zero-order chi connectivity index (χ0) is 17.4. The van der Waals surface area contributed by atoms with Gasteiger partial charge in [-0.05, 0) is 16.7 Å². The topological polar surface area (TPSA) is 43.1 Å². The van der Waals surface area contributed by atoms with Crippen LogP contribution in [-0.4, -0.2) is 26.3 Å². The van der Waals surface area contributed by atoms with E-state index in [1.54, 1.807) is 0 Å². The van der Waals surface area contributed by atoms with Crippen molar-refractivity contribution in [3.8, 4) is 11.1 Å². The number of nitrogens with zero attached hydrogens (tertiary/aromatic N) is 4. The van der Waals surface area contributed by atoms with Crippen molar-refractivity contribution in [1.82, 2.24) is 14.9 Å². The average Bonchev–Trinajstić information content (AvgIpc) is 3.06. The van der Waals surface area contributed by atoms with E-state index >= 15 is 0 Å². The Hall–Kier alpha value is -2.61. The first-order valence-electron chi connectivity index (χ1n) is 7.41. The van der Waals surface area contributed by atoms with Gasteiger partial charge in [0.1, 0.15) is 0 Å². The molecule has 1 aliphatic heterocycles. The van der Waals surface area contributed by atoms with E-state index in [1.165, 1.54) is 11.8 Å². The van der Waals surface area contributed by atoms with Crippen molar-refractivity contribution >= 4 is 17.5 Å². The summed E-state index contributed by atoms with van der Waals surface area (Å²) in [6.45, 7) is 0. The molecule has 25 heavy (non-hydrogen) atoms. The van der Waals surface area contributed by atoms with Crippen molar-refractivity contribution in [1.29, 1.82) is 0 Å². The molecule has 0 N–H and O–H groups in total. The van der Waals surface area contributed by atoms with Gasteiger partial charge in [0.2, 0.25) is 5.16 Å². The Balaban J connectivity index is 1.68. The highest BCUT2D eigenvalue weighted by Crippen LogP contribution is 2.33. The molecule has 0 aliphatic carbocycles. The van der Waals surface area contributed by atoms with Crippen molar-refractivity contribution in [2.75, 3.05) is 5.75 Å². The van der Waals surface area contributed by atoms with Crippen LogP contribution in [0.4, 0.5) is 13.2 Å². The molecule has 0 saturated heterocycles. The van der Waals surface area contributed by atoms with E-state index in [-0.39, 0.29) is 5.16 Å². The van der Waals surface area contributed by atoms with Crippen molar-refractivity contribution in [2.45, 2.75) is 11.3 Å². The fourth-order valence-electron chi connectivity index (χ4n) is 2.53. The van der Waals surface area contributed by atoms with Crippen LogP contribution >= 0.6 is 11.8 Å². The Labute approximate surface area is 145 Å². The van der Waals surface area contributed by atoms with Crippen molar-refractivity contribution in [3.63, 3.8) is 0 Å². The van der Waals surface area contributed by atoms with E-state index < -0.39 is 12.0 Å². The number of alkyl halides is 3. The normalized spacial score (nSPS) is 14.1. The minimum Gasteiger partial charge on any atom is -0.182 e. The third-order valence-corrected chi connectivity index (χ3v) is 4.68. The van der Waals surface area contributed by atoms with E-state index in [2.05, 4.69) is 15.3 Å². The third kappa shape index (κ3) is 3.05. The molecule has 2 aromatic carbocycles. The van der Waals surface area contributed by atoms with Crippen LogP contribution in [0, 0.1) is 0 Å². The number of hydrogen-bond acceptors (Lipinski definition) is 4. The van der Waals surface area contributed by atoms with Crippen LogP contribution in [0.2, 0.25) is 0 Å². The molecule has 0 unspecified atom stereocenters. The molecule has 0 saturated carbocycles. The lowest BCUT2D eigenvalue weighted by Gasteiger charge is -2.15. The van der Waals surface area contributed by atoms with Crippen LogP contribution < -0.4 is 0 Å². The second-order valence-corrected chi connectivity index (χ2v) is 6.34. The Kier molecular flexibility index (Phi) is 3.84. The minimum absolute atomic E-state index is 0.150. The zero-order valence-electron chi connectivity index (χ0n) is 12.7. The molecule has 0 atom stereocenters. The molecule has 8 heteroatoms. The van der Waals surface area contributed by atoms with E-state index in [0.717, 1.165) is 21.4 Å². The zero-order valence-corrected chi connectivity index (χ0v) is 13.6. The van der Waals surface area contributed by atoms with Gasteiger partial charge >= 0.3 is 6.18 Å². The number of halogens is 3. The number of rotatable bonds is 2. The third-order valence-electron chi connectivity index (χ3n) is 3.75. The van der Waals surface area contributed by atoms with Crippen LogP contribution in [0.3, 0.4) is 0 Å². The fraction of sp³-hybridized carbons (Fsp3) is 0.118. The van der Waals surface area contributed by atoms with Crippen LogP contribution in [-0.2, 0) is 6.18 Å². The quantitative estimate of drug-likeness (QED) is 0.683. The van der Waals surface area contributed by atoms with Gasteiger partial charge in [-0.3, -0.25) is 0 Å². The van der Waals surface area contributed by atoms with Gasteiger partial charge in [-0.25, -0.2) is 0 Å². The van der Waals surface area contributed by atoms with Gasteiger partial charge in [0, 0.05) is 5.75 Å². The lowest BCUT2D eigenvalue weighted by molar-refractivity contribution is -0.147. The summed E-state index contributed by atoms with van der Waals surface area (Å²) in [5, 5.41) is 11.0. The predicted molar refractivity (Wildman–Crippen MR) is 89.6 cm³/mol. The van der Waals surface area contributed by atoms with Gasteiger partial charge in [-0.15, -0.1) is 10.2 Å². The van der Waals surface area contributed by atoms with Crippen LogP contribution in [0.1, 0.15) is 11.4 Å². The molecule has 0 amide bonds. The highest BCUT2D eigenvalue weighted by atomic mass is 32.2. The molecule has 4 rings (SSSR count). The Bertz CT molecular complexity index is 931. The second kappa shape index (κ2) is 6.03. The summed E-state index contributed by atoms with van der Waals surface area (Å²) < 4.78 is 39.7. The lowest BCUT2D eigenvalue weighted by Crippen LogP contribution is -2.18. The van der Waals surface area contributed by atoms with E-state index in [1.807, 2.05) is 54.6 Å². The molecule has 3 aromatic rings. The van der Waals surface area contributed by atoms with Crippen LogP contribution in [0.15, 0.2) is 64.9 Å². The number of hydrogen-bond donors (Lipinski definition) is 0. The standard InChI is InChI=1S/C17H11F3N4S/c18-17(19,20)15-21-22-16-24(15)23-14(10-25-16)13-8-6-12(7-9-13)11-4-2-1-3-5-11/h1-9H,10H2. The fourth-order valence-corrected chi connectivity index (χ4v) is 3.37. The van der Waals surface area contributed by atoms with Crippen molar-refractivity contribution in [2.24, 2.45) is 5.10 Å². The second-order valence-electron chi connectivity index (χ2n) is 5.39. The van der Waals surface area contributed by atoms with E-state index in [0.29, 0.717) is 11.5 Å². The number of aromatic nitrogens is 3. The van der Waals surface area contributed by atoms with Gasteiger partial charge in [0.05, 0.1) is 5.71 Å². The minimum atomic E-state index is -4.59. The van der Waals surface area contributed by atoms with Crippen molar-refractivity contribution in [3.05, 3.63) is 66.0 Å². The van der Waals surface area contributed by atoms with Crippen LogP contribution in [0.25, 0.3) is 11.1 Å². The maximum absolute atomic E-state index is 13.0. The predicted octanol–water partition coefficient (Wildman–Crippen LogP) is 4.32. The van der Waals surface area contributed by atoms with E-state index in [4.69, 9.17) is 0 Å². The summed E-state index contributed by atoms with van der Waals surface area (Å²) in [5.74, 6) is -0.658. The van der Waals surface area contributed by atoms with Gasteiger partial charge in [0.25, 0.3) is 5.82 Å². The smallest absolute Gasteiger partial charge is 0.182 e. The molecule has 4 nitrogen and oxygen atoms in total. The Morgan fingerprint density at radius 1 is 0.840 bits per heavy atom. The summed E-state index contributed by atoms with van der Waals surface area (Å²) in [7, 11) is 0. The summed E-state index contributed by atoms with van der Waals surface area (Å²) in [4.78, 5) is 0. The molecule has 2 heterocycles. The van der Waals surface area contributed by atoms with Gasteiger partial charge in [-0.1, -0.05) is 66.4 Å². The van der Waals surface area contributed by atoms with E-state index in [9.17, 15) is 13.2 Å². The summed E-state index contributed by atoms with van der Waals surface area (Å²) in [6, 6.07) is 17.5. The Morgan fingerprint density at radius 3 is 2.16 bits per heavy atom. The summed E-state index contributed by atoms with van der Waals surface area (Å²) >= 11 is 1.19. The first-order chi connectivity index (χ1) is 12.0. The maximum atomic E-state index is 13.0. The molecule has 1 aromatic heterocycles. The molecule has 0 radical (unpaired) electrons. The molecule has 0 fully saturated rings. The average molecular weight is 360 g/mol. The van der Waals surface area contributed by atoms with Crippen LogP contribution in [0.5, 0.6) is 0 Å². The monoisotopic (exact) mass is 360 g/mol. The molecular weight excluding hydrogens is 349 g/mol. The first kappa shape index (κ1) is 15.9. The first-order valence-corrected chi connectivity index (χ1v) is 8.40. The maximum Gasteiger partial charge on any atom is 0.453 e. The molecule has 0 bridgehead atoms. The molecule has 126 valence electrons. The van der Waals surface area contributed by atoms with Gasteiger partial charge in [-0.2, -0.15) is 22.9 Å².